The van der Waals surface area contributed by atoms with Gasteiger partial charge in [-0.1, -0.05) is 12.1 Å². The molecule has 1 aliphatic rings. The number of imidazole rings is 1. The molecule has 1 amide bonds. The number of anilines is 2. The molecule has 2 N–H and O–H groups in total. The Morgan fingerprint density at radius 3 is 2.41 bits per heavy atom. The number of para-hydroxylation sites is 1. The van der Waals surface area contributed by atoms with Crippen LogP contribution >= 0.6 is 0 Å². The molecule has 0 unspecified atom stereocenters. The first-order chi connectivity index (χ1) is 18.4. The SMILES string of the molecule is CN1C(C)(C)CC(NC(=O)c2cc(Oc3ccc4c(c3)nc(Nc3ccccc3F)n4C)ccn2)CC1(C)C. The molecule has 4 aromatic rings. The summed E-state index contributed by atoms with van der Waals surface area (Å²) < 4.78 is 22.0. The maximum absolute atomic E-state index is 14.1. The Morgan fingerprint density at radius 2 is 1.69 bits per heavy atom. The second kappa shape index (κ2) is 9.96. The highest BCUT2D eigenvalue weighted by atomic mass is 19.1. The van der Waals surface area contributed by atoms with Gasteiger partial charge in [0.25, 0.3) is 5.91 Å². The average molecular weight is 531 g/mol. The summed E-state index contributed by atoms with van der Waals surface area (Å²) in [6.45, 7) is 8.82. The molecule has 9 heteroatoms. The number of aryl methyl sites for hydroxylation is 1. The van der Waals surface area contributed by atoms with Gasteiger partial charge < -0.3 is 19.9 Å². The molecule has 0 spiro atoms. The fourth-order valence-electron chi connectivity index (χ4n) is 5.51. The largest absolute Gasteiger partial charge is 0.457 e. The lowest BCUT2D eigenvalue weighted by atomic mass is 9.77. The van der Waals surface area contributed by atoms with Gasteiger partial charge in [0.05, 0.1) is 16.7 Å². The normalized spacial score (nSPS) is 17.2. The van der Waals surface area contributed by atoms with Crippen LogP contribution in [0.3, 0.4) is 0 Å². The molecule has 1 fully saturated rings. The topological polar surface area (TPSA) is 84.3 Å². The van der Waals surface area contributed by atoms with Crippen LogP contribution in [0.1, 0.15) is 51.0 Å². The van der Waals surface area contributed by atoms with Crippen LogP contribution in [0.5, 0.6) is 11.5 Å². The van der Waals surface area contributed by atoms with E-state index < -0.39 is 0 Å². The minimum atomic E-state index is -0.352. The highest BCUT2D eigenvalue weighted by Gasteiger charge is 2.43. The first kappa shape index (κ1) is 26.6. The van der Waals surface area contributed by atoms with Crippen molar-refractivity contribution in [3.05, 3.63) is 72.3 Å². The zero-order valence-electron chi connectivity index (χ0n) is 23.2. The van der Waals surface area contributed by atoms with Crippen molar-refractivity contribution in [2.45, 2.75) is 57.7 Å². The van der Waals surface area contributed by atoms with Crippen LogP contribution in [0.25, 0.3) is 11.0 Å². The third kappa shape index (κ3) is 5.45. The van der Waals surface area contributed by atoms with Gasteiger partial charge in [0.15, 0.2) is 0 Å². The summed E-state index contributed by atoms with van der Waals surface area (Å²) in [5.74, 6) is 1.00. The minimum absolute atomic E-state index is 0.0349. The third-order valence-electron chi connectivity index (χ3n) is 7.82. The lowest BCUT2D eigenvalue weighted by molar-refractivity contribution is -0.0169. The molecular weight excluding hydrogens is 495 g/mol. The molecule has 2 aromatic carbocycles. The summed E-state index contributed by atoms with van der Waals surface area (Å²) in [5, 5.41) is 6.23. The van der Waals surface area contributed by atoms with Gasteiger partial charge in [-0.25, -0.2) is 9.37 Å². The van der Waals surface area contributed by atoms with E-state index in [9.17, 15) is 9.18 Å². The van der Waals surface area contributed by atoms with Crippen molar-refractivity contribution in [1.82, 2.24) is 24.8 Å². The molecule has 8 nitrogen and oxygen atoms in total. The van der Waals surface area contributed by atoms with E-state index in [-0.39, 0.29) is 28.8 Å². The van der Waals surface area contributed by atoms with E-state index in [1.54, 1.807) is 36.5 Å². The number of fused-ring (bicyclic) bond motifs is 1. The number of hydrogen-bond acceptors (Lipinski definition) is 6. The smallest absolute Gasteiger partial charge is 0.270 e. The number of likely N-dealkylation sites (tertiary alicyclic amines) is 1. The Bertz CT molecular complexity index is 1510. The molecule has 0 aliphatic carbocycles. The van der Waals surface area contributed by atoms with Crippen molar-refractivity contribution < 1.29 is 13.9 Å². The molecule has 1 aliphatic heterocycles. The Morgan fingerprint density at radius 1 is 1.00 bits per heavy atom. The molecule has 39 heavy (non-hydrogen) atoms. The average Bonchev–Trinajstić information content (AvgIpc) is 3.18. The molecule has 1 saturated heterocycles. The van der Waals surface area contributed by atoms with E-state index in [0.29, 0.717) is 34.3 Å². The second-order valence-corrected chi connectivity index (χ2v) is 11.5. The Kier molecular flexibility index (Phi) is 6.80. The molecule has 204 valence electrons. The van der Waals surface area contributed by atoms with Crippen LogP contribution in [-0.4, -0.2) is 49.5 Å². The summed E-state index contributed by atoms with van der Waals surface area (Å²) in [4.78, 5) is 24.4. The molecule has 0 radical (unpaired) electrons. The maximum atomic E-state index is 14.1. The predicted molar refractivity (Wildman–Crippen MR) is 151 cm³/mol. The Hall–Kier alpha value is -3.98. The number of rotatable bonds is 6. The van der Waals surface area contributed by atoms with Crippen LogP contribution in [0.15, 0.2) is 60.8 Å². The van der Waals surface area contributed by atoms with Gasteiger partial charge in [0, 0.05) is 42.5 Å². The number of nitrogens with one attached hydrogen (secondary N) is 2. The van der Waals surface area contributed by atoms with Crippen molar-refractivity contribution in [2.24, 2.45) is 7.05 Å². The fourth-order valence-corrected chi connectivity index (χ4v) is 5.51. The molecule has 0 atom stereocenters. The van der Waals surface area contributed by atoms with Gasteiger partial charge in [-0.15, -0.1) is 0 Å². The van der Waals surface area contributed by atoms with Crippen LogP contribution in [0, 0.1) is 5.82 Å². The maximum Gasteiger partial charge on any atom is 0.270 e. The highest BCUT2D eigenvalue weighted by molar-refractivity contribution is 5.92. The zero-order valence-corrected chi connectivity index (χ0v) is 23.2. The summed E-state index contributed by atoms with van der Waals surface area (Å²) >= 11 is 0. The van der Waals surface area contributed by atoms with Crippen LogP contribution in [-0.2, 0) is 7.05 Å². The van der Waals surface area contributed by atoms with Gasteiger partial charge >= 0.3 is 0 Å². The number of carbonyl (C=O) groups is 1. The van der Waals surface area contributed by atoms with Crippen LogP contribution in [0.2, 0.25) is 0 Å². The number of hydrogen-bond donors (Lipinski definition) is 2. The number of amides is 1. The Labute approximate surface area is 228 Å². The number of aromatic nitrogens is 3. The molecule has 2 aromatic heterocycles. The van der Waals surface area contributed by atoms with Gasteiger partial charge in [-0.3, -0.25) is 14.7 Å². The number of halogens is 1. The number of carbonyl (C=O) groups excluding carboxylic acids is 1. The molecule has 0 bridgehead atoms. The standard InChI is InChI=1S/C30H35FN6O2/c1-29(2)17-19(18-30(3,4)37(29)6)33-27(38)25-16-21(13-14-32-25)39-20-11-12-26-24(15-20)35-28(36(26)5)34-23-10-8-7-9-22(23)31/h7-16,19H,17-18H2,1-6H3,(H,33,38)(H,34,35). The Balaban J connectivity index is 1.30. The van der Waals surface area contributed by atoms with E-state index in [2.05, 4.69) is 60.2 Å². The second-order valence-electron chi connectivity index (χ2n) is 11.5. The molecular formula is C30H35FN6O2. The number of nitrogens with zero attached hydrogens (tertiary/aromatic N) is 4. The van der Waals surface area contributed by atoms with Crippen molar-refractivity contribution in [3.8, 4) is 11.5 Å². The van der Waals surface area contributed by atoms with Crippen molar-refractivity contribution in [1.29, 1.82) is 0 Å². The first-order valence-corrected chi connectivity index (χ1v) is 13.1. The summed E-state index contributed by atoms with van der Waals surface area (Å²) in [7, 11) is 4.00. The monoisotopic (exact) mass is 530 g/mol. The van der Waals surface area contributed by atoms with Gasteiger partial charge in [-0.2, -0.15) is 0 Å². The molecule has 0 saturated carbocycles. The highest BCUT2D eigenvalue weighted by Crippen LogP contribution is 2.37. The van der Waals surface area contributed by atoms with E-state index in [0.717, 1.165) is 18.4 Å². The lowest BCUT2D eigenvalue weighted by Crippen LogP contribution is -2.62. The van der Waals surface area contributed by atoms with Gasteiger partial charge in [0.1, 0.15) is 23.0 Å². The molecule has 5 rings (SSSR count). The van der Waals surface area contributed by atoms with Crippen molar-refractivity contribution >= 4 is 28.6 Å². The quantitative estimate of drug-likeness (QED) is 0.317. The third-order valence-corrected chi connectivity index (χ3v) is 7.82. The fraction of sp³-hybridized carbons (Fsp3) is 0.367. The number of ether oxygens (including phenoxy) is 1. The summed E-state index contributed by atoms with van der Waals surface area (Å²) in [6, 6.07) is 15.4. The van der Waals surface area contributed by atoms with E-state index in [1.807, 2.05) is 29.8 Å². The summed E-state index contributed by atoms with van der Waals surface area (Å²) in [5.41, 5.74) is 2.13. The number of pyridine rings is 1. The van der Waals surface area contributed by atoms with E-state index in [4.69, 9.17) is 4.74 Å². The van der Waals surface area contributed by atoms with Crippen molar-refractivity contribution in [3.63, 3.8) is 0 Å². The number of benzene rings is 2. The van der Waals surface area contributed by atoms with Crippen molar-refractivity contribution in [2.75, 3.05) is 12.4 Å². The first-order valence-electron chi connectivity index (χ1n) is 13.1. The van der Waals surface area contributed by atoms with E-state index in [1.165, 1.54) is 6.07 Å². The van der Waals surface area contributed by atoms with Gasteiger partial charge in [0.2, 0.25) is 5.95 Å². The zero-order chi connectivity index (χ0) is 27.9. The predicted octanol–water partition coefficient (Wildman–Crippen LogP) is 6.02. The van der Waals surface area contributed by atoms with Crippen LogP contribution < -0.4 is 15.4 Å². The summed E-state index contributed by atoms with van der Waals surface area (Å²) in [6.07, 6.45) is 3.28. The lowest BCUT2D eigenvalue weighted by Gasteiger charge is -2.53. The van der Waals surface area contributed by atoms with Gasteiger partial charge in [-0.05, 0) is 77.9 Å². The van der Waals surface area contributed by atoms with Crippen LogP contribution in [0.4, 0.5) is 16.0 Å². The molecule has 3 heterocycles. The van der Waals surface area contributed by atoms with E-state index >= 15 is 0 Å². The number of piperidine rings is 1. The minimum Gasteiger partial charge on any atom is -0.457 e.